The molecule has 1 amide bonds. The summed E-state index contributed by atoms with van der Waals surface area (Å²) < 4.78 is 19.7. The standard InChI is InChI=1S/C23H26FNO5S/c1-23(2,13-5-4-6-20(27)28)21(15-7-12-19(26)18(24)14-15)30-22(29)25-16-8-10-17(31-3)11-9-16/h4,6-12,14,21,26H,5,13H2,1-3H3,(H,25,29)(H,27,28)/b6-4+/t21-/m1/s1. The second kappa shape index (κ2) is 10.9. The molecule has 6 nitrogen and oxygen atoms in total. The Hall–Kier alpha value is -3.00. The molecule has 0 aliphatic rings. The first kappa shape index (κ1) is 24.3. The van der Waals surface area contributed by atoms with E-state index in [0.29, 0.717) is 24.1 Å². The van der Waals surface area contributed by atoms with Crippen LogP contribution in [0.5, 0.6) is 5.75 Å². The number of carboxylic acid groups (broad SMARTS) is 1. The number of anilines is 1. The van der Waals surface area contributed by atoms with Crippen LogP contribution in [0.2, 0.25) is 0 Å². The Kier molecular flexibility index (Phi) is 8.50. The highest BCUT2D eigenvalue weighted by molar-refractivity contribution is 7.98. The second-order valence-electron chi connectivity index (χ2n) is 7.62. The Labute approximate surface area is 185 Å². The van der Waals surface area contributed by atoms with E-state index in [1.807, 2.05) is 32.2 Å². The number of carboxylic acids is 1. The van der Waals surface area contributed by atoms with E-state index < -0.39 is 35.1 Å². The monoisotopic (exact) mass is 447 g/mol. The first-order valence-electron chi connectivity index (χ1n) is 9.62. The second-order valence-corrected chi connectivity index (χ2v) is 8.50. The van der Waals surface area contributed by atoms with Gasteiger partial charge in [-0.1, -0.05) is 26.0 Å². The van der Waals surface area contributed by atoms with E-state index in [0.717, 1.165) is 17.0 Å². The van der Waals surface area contributed by atoms with Crippen molar-refractivity contribution in [1.29, 1.82) is 0 Å². The summed E-state index contributed by atoms with van der Waals surface area (Å²) in [5.41, 5.74) is 0.280. The number of aromatic hydroxyl groups is 1. The number of carbonyl (C=O) groups excluding carboxylic acids is 1. The normalized spacial score (nSPS) is 12.5. The van der Waals surface area contributed by atoms with E-state index in [1.165, 1.54) is 18.2 Å². The molecule has 0 aliphatic carbocycles. The van der Waals surface area contributed by atoms with Crippen molar-refractivity contribution in [2.45, 2.75) is 37.7 Å². The molecule has 0 radical (unpaired) electrons. The minimum Gasteiger partial charge on any atom is -0.505 e. The molecular formula is C23H26FNO5S. The Morgan fingerprint density at radius 2 is 1.90 bits per heavy atom. The number of ether oxygens (including phenoxy) is 1. The number of carbonyl (C=O) groups is 2. The van der Waals surface area contributed by atoms with Crippen molar-refractivity contribution in [2.75, 3.05) is 11.6 Å². The highest BCUT2D eigenvalue weighted by Gasteiger charge is 2.34. The third-order valence-electron chi connectivity index (χ3n) is 4.76. The average molecular weight is 448 g/mol. The van der Waals surface area contributed by atoms with Gasteiger partial charge < -0.3 is 14.9 Å². The summed E-state index contributed by atoms with van der Waals surface area (Å²) >= 11 is 1.58. The summed E-state index contributed by atoms with van der Waals surface area (Å²) in [5.74, 6) is -2.36. The third kappa shape index (κ3) is 7.32. The number of phenolic OH excluding ortho intramolecular Hbond substituents is 1. The summed E-state index contributed by atoms with van der Waals surface area (Å²) in [7, 11) is 0. The summed E-state index contributed by atoms with van der Waals surface area (Å²) in [4.78, 5) is 24.3. The molecule has 0 saturated carbocycles. The fourth-order valence-electron chi connectivity index (χ4n) is 3.06. The van der Waals surface area contributed by atoms with Gasteiger partial charge in [0.15, 0.2) is 11.6 Å². The molecule has 166 valence electrons. The Balaban J connectivity index is 2.22. The number of allylic oxidation sites excluding steroid dienone is 1. The van der Waals surface area contributed by atoms with Gasteiger partial charge in [0, 0.05) is 22.1 Å². The maximum Gasteiger partial charge on any atom is 0.412 e. The lowest BCUT2D eigenvalue weighted by atomic mass is 9.78. The van der Waals surface area contributed by atoms with Gasteiger partial charge in [-0.2, -0.15) is 0 Å². The quantitative estimate of drug-likeness (QED) is 0.323. The fraction of sp³-hybridized carbons (Fsp3) is 0.304. The molecule has 2 rings (SSSR count). The van der Waals surface area contributed by atoms with Crippen LogP contribution in [0.4, 0.5) is 14.9 Å². The molecule has 0 spiro atoms. The SMILES string of the molecule is CSc1ccc(NC(=O)O[C@H](c2ccc(O)c(F)c2)C(C)(C)CC/C=C/C(=O)O)cc1. The summed E-state index contributed by atoms with van der Waals surface area (Å²) in [6, 6.07) is 11.1. The molecule has 0 unspecified atom stereocenters. The minimum absolute atomic E-state index is 0.385. The summed E-state index contributed by atoms with van der Waals surface area (Å²) in [6.07, 6.45) is 3.88. The molecule has 31 heavy (non-hydrogen) atoms. The van der Waals surface area contributed by atoms with Crippen molar-refractivity contribution in [3.63, 3.8) is 0 Å². The van der Waals surface area contributed by atoms with Crippen LogP contribution in [0.25, 0.3) is 0 Å². The topological polar surface area (TPSA) is 95.9 Å². The van der Waals surface area contributed by atoms with E-state index in [2.05, 4.69) is 5.32 Å². The number of phenols is 1. The van der Waals surface area contributed by atoms with E-state index in [1.54, 1.807) is 23.9 Å². The Bertz CT molecular complexity index is 943. The largest absolute Gasteiger partial charge is 0.505 e. The number of benzene rings is 2. The van der Waals surface area contributed by atoms with Crippen molar-refractivity contribution < 1.29 is 28.9 Å². The zero-order chi connectivity index (χ0) is 23.0. The summed E-state index contributed by atoms with van der Waals surface area (Å²) in [6.45, 7) is 3.69. The maximum atomic E-state index is 14.0. The molecular weight excluding hydrogens is 421 g/mol. The van der Waals surface area contributed by atoms with Crippen LogP contribution < -0.4 is 5.32 Å². The average Bonchev–Trinajstić information content (AvgIpc) is 2.72. The molecule has 0 aromatic heterocycles. The smallest absolute Gasteiger partial charge is 0.412 e. The molecule has 3 N–H and O–H groups in total. The van der Waals surface area contributed by atoms with E-state index in [9.17, 15) is 19.1 Å². The van der Waals surface area contributed by atoms with Gasteiger partial charge in [-0.25, -0.2) is 14.0 Å². The zero-order valence-corrected chi connectivity index (χ0v) is 18.4. The van der Waals surface area contributed by atoms with Crippen LogP contribution in [0.1, 0.15) is 38.4 Å². The molecule has 0 aliphatic heterocycles. The molecule has 0 saturated heterocycles. The van der Waals surface area contributed by atoms with Crippen molar-refractivity contribution in [3.05, 3.63) is 66.0 Å². The van der Waals surface area contributed by atoms with Gasteiger partial charge in [0.1, 0.15) is 6.10 Å². The van der Waals surface area contributed by atoms with Crippen molar-refractivity contribution in [3.8, 4) is 5.75 Å². The Morgan fingerprint density at radius 1 is 1.23 bits per heavy atom. The van der Waals surface area contributed by atoms with Crippen molar-refractivity contribution in [2.24, 2.45) is 5.41 Å². The van der Waals surface area contributed by atoms with Gasteiger partial charge in [-0.3, -0.25) is 5.32 Å². The highest BCUT2D eigenvalue weighted by Crippen LogP contribution is 2.41. The molecule has 2 aromatic rings. The maximum absolute atomic E-state index is 14.0. The van der Waals surface area contributed by atoms with Crippen LogP contribution in [0, 0.1) is 11.2 Å². The van der Waals surface area contributed by atoms with Gasteiger partial charge >= 0.3 is 12.1 Å². The van der Waals surface area contributed by atoms with Crippen molar-refractivity contribution >= 4 is 29.5 Å². The van der Waals surface area contributed by atoms with Gasteiger partial charge in [-0.05, 0) is 61.1 Å². The molecule has 0 heterocycles. The van der Waals surface area contributed by atoms with Crippen LogP contribution >= 0.6 is 11.8 Å². The van der Waals surface area contributed by atoms with E-state index in [4.69, 9.17) is 9.84 Å². The molecule has 1 atom stereocenters. The van der Waals surface area contributed by atoms with Gasteiger partial charge in [0.2, 0.25) is 0 Å². The predicted molar refractivity (Wildman–Crippen MR) is 119 cm³/mol. The van der Waals surface area contributed by atoms with Crippen molar-refractivity contribution in [1.82, 2.24) is 0 Å². The number of thioether (sulfide) groups is 1. The lowest BCUT2D eigenvalue weighted by Gasteiger charge is -2.34. The van der Waals surface area contributed by atoms with Gasteiger partial charge in [-0.15, -0.1) is 11.8 Å². The molecule has 0 fully saturated rings. The fourth-order valence-corrected chi connectivity index (χ4v) is 3.47. The molecule has 2 aromatic carbocycles. The lowest BCUT2D eigenvalue weighted by molar-refractivity contribution is -0.131. The number of halogens is 1. The van der Waals surface area contributed by atoms with Crippen LogP contribution in [-0.4, -0.2) is 28.5 Å². The highest BCUT2D eigenvalue weighted by atomic mass is 32.2. The van der Waals surface area contributed by atoms with Crippen LogP contribution in [0.3, 0.4) is 0 Å². The molecule has 0 bridgehead atoms. The zero-order valence-electron chi connectivity index (χ0n) is 17.6. The van der Waals surface area contributed by atoms with Gasteiger partial charge in [0.25, 0.3) is 0 Å². The number of hydrogen-bond donors (Lipinski definition) is 3. The van der Waals surface area contributed by atoms with E-state index >= 15 is 0 Å². The van der Waals surface area contributed by atoms with Crippen LogP contribution in [-0.2, 0) is 9.53 Å². The number of rotatable bonds is 9. The summed E-state index contributed by atoms with van der Waals surface area (Å²) in [5, 5.41) is 20.9. The van der Waals surface area contributed by atoms with Crippen LogP contribution in [0.15, 0.2) is 59.5 Å². The Morgan fingerprint density at radius 3 is 2.48 bits per heavy atom. The first-order valence-corrected chi connectivity index (χ1v) is 10.8. The molecule has 8 heteroatoms. The first-order chi connectivity index (χ1) is 14.6. The number of hydrogen-bond acceptors (Lipinski definition) is 5. The number of amides is 1. The van der Waals surface area contributed by atoms with E-state index in [-0.39, 0.29) is 0 Å². The minimum atomic E-state index is -1.04. The van der Waals surface area contributed by atoms with Gasteiger partial charge in [0.05, 0.1) is 0 Å². The third-order valence-corrected chi connectivity index (χ3v) is 5.50. The number of nitrogens with one attached hydrogen (secondary N) is 1. The predicted octanol–water partition coefficient (Wildman–Crippen LogP) is 5.99. The lowest BCUT2D eigenvalue weighted by Crippen LogP contribution is -2.29. The number of aliphatic carboxylic acids is 1.